The van der Waals surface area contributed by atoms with Gasteiger partial charge >= 0.3 is 18.1 Å². The molecule has 1 saturated heterocycles. The van der Waals surface area contributed by atoms with Crippen LogP contribution in [-0.2, 0) is 15.0 Å². The summed E-state index contributed by atoms with van der Waals surface area (Å²) in [6, 6.07) is 7.88. The molecule has 4 N–H and O–H groups in total. The number of benzene rings is 2. The van der Waals surface area contributed by atoms with E-state index in [9.17, 15) is 33.4 Å². The van der Waals surface area contributed by atoms with Crippen molar-refractivity contribution in [2.75, 3.05) is 6.61 Å². The summed E-state index contributed by atoms with van der Waals surface area (Å²) in [5.41, 5.74) is -2.49. The Morgan fingerprint density at radius 2 is 1.75 bits per heavy atom. The summed E-state index contributed by atoms with van der Waals surface area (Å²) in [6.45, 7) is -0.149. The van der Waals surface area contributed by atoms with Gasteiger partial charge in [0.05, 0.1) is 11.1 Å². The van der Waals surface area contributed by atoms with E-state index in [4.69, 9.17) is 33.1 Å². The van der Waals surface area contributed by atoms with E-state index in [1.165, 1.54) is 30.3 Å². The first kappa shape index (κ1) is 31.5. The zero-order valence-electron chi connectivity index (χ0n) is 20.5. The normalized spacial score (nSPS) is 25.2. The van der Waals surface area contributed by atoms with Crippen LogP contribution in [0.2, 0.25) is 10.0 Å². The van der Waals surface area contributed by atoms with Crippen molar-refractivity contribution in [3.8, 4) is 6.07 Å². The van der Waals surface area contributed by atoms with E-state index < -0.39 is 58.6 Å². The highest BCUT2D eigenvalue weighted by molar-refractivity contribution is 6.31. The van der Waals surface area contributed by atoms with Crippen LogP contribution in [0.15, 0.2) is 36.4 Å². The molecule has 0 aromatic heterocycles. The van der Waals surface area contributed by atoms with E-state index >= 15 is 8.78 Å². The van der Waals surface area contributed by atoms with Crippen LogP contribution in [0.25, 0.3) is 0 Å². The van der Waals surface area contributed by atoms with E-state index in [1.54, 1.807) is 0 Å². The Hall–Kier alpha value is -2.98. The minimum atomic E-state index is -5.08. The van der Waals surface area contributed by atoms with Crippen LogP contribution >= 0.6 is 23.2 Å². The van der Waals surface area contributed by atoms with Gasteiger partial charge in [0.25, 0.3) is 0 Å². The summed E-state index contributed by atoms with van der Waals surface area (Å²) in [5, 5.41) is 40.7. The van der Waals surface area contributed by atoms with Crippen molar-refractivity contribution < 1.29 is 46.9 Å². The average Bonchev–Trinajstić information content (AvgIpc) is 3.17. The van der Waals surface area contributed by atoms with Crippen molar-refractivity contribution in [2.45, 2.75) is 55.3 Å². The number of nitrogens with zero attached hydrogens (tertiary/aromatic N) is 1. The first-order valence-corrected chi connectivity index (χ1v) is 12.6. The monoisotopic (exact) mass is 608 g/mol. The van der Waals surface area contributed by atoms with Gasteiger partial charge in [-0.25, -0.2) is 13.6 Å². The fourth-order valence-corrected chi connectivity index (χ4v) is 5.81. The molecule has 1 saturated carbocycles. The van der Waals surface area contributed by atoms with Crippen molar-refractivity contribution in [1.82, 2.24) is 5.32 Å². The zero-order valence-corrected chi connectivity index (χ0v) is 22.0. The molecule has 14 heteroatoms. The van der Waals surface area contributed by atoms with Crippen LogP contribution in [0.1, 0.15) is 42.7 Å². The molecule has 2 aromatic rings. The summed E-state index contributed by atoms with van der Waals surface area (Å²) in [4.78, 5) is 21.2. The van der Waals surface area contributed by atoms with E-state index in [0.29, 0.717) is 12.8 Å². The van der Waals surface area contributed by atoms with Gasteiger partial charge in [0.15, 0.2) is 0 Å². The zero-order chi connectivity index (χ0) is 30.0. The molecule has 2 aromatic carbocycles. The maximum absolute atomic E-state index is 15.3. The fourth-order valence-electron chi connectivity index (χ4n) is 5.47. The lowest BCUT2D eigenvalue weighted by molar-refractivity contribution is -0.192. The summed E-state index contributed by atoms with van der Waals surface area (Å²) in [5.74, 6) is -7.00. The Labute approximate surface area is 235 Å². The van der Waals surface area contributed by atoms with Gasteiger partial charge in [-0.1, -0.05) is 47.8 Å². The van der Waals surface area contributed by atoms with Crippen molar-refractivity contribution in [1.29, 1.82) is 5.26 Å². The highest BCUT2D eigenvalue weighted by atomic mass is 35.5. The minimum Gasteiger partial charge on any atom is -0.480 e. The quantitative estimate of drug-likeness (QED) is 0.322. The summed E-state index contributed by atoms with van der Waals surface area (Å²) in [7, 11) is 0. The molecule has 4 unspecified atom stereocenters. The number of hydrogen-bond acceptors (Lipinski definition) is 5. The highest BCUT2D eigenvalue weighted by Gasteiger charge is 2.62. The topological polar surface area (TPSA) is 131 Å². The molecule has 40 heavy (non-hydrogen) atoms. The number of aliphatic hydroxyl groups excluding tert-OH is 1. The molecule has 7 nitrogen and oxygen atoms in total. The Balaban J connectivity index is 0.000000559. The Bertz CT molecular complexity index is 1330. The molecule has 0 radical (unpaired) electrons. The Morgan fingerprint density at radius 1 is 1.12 bits per heavy atom. The van der Waals surface area contributed by atoms with Crippen molar-refractivity contribution in [2.24, 2.45) is 5.41 Å². The first-order chi connectivity index (χ1) is 18.6. The standard InChI is InChI=1S/C24H22Cl2F2N2O3.C2HF3O2/c25-13-5-6-15(17(27)9-13)24(11-29)18(10-23(12-31)7-2-8-23)30-21(22(32)33)19(24)14-3-1-4-16(26)20(14)28;3-2(4,5)1(6)7/h1,3-6,9,18-19,21,30-31H,2,7-8,10,12H2,(H,32,33);(H,6,7). The maximum Gasteiger partial charge on any atom is 0.490 e. The molecule has 0 bridgehead atoms. The highest BCUT2D eigenvalue weighted by Crippen LogP contribution is 2.55. The number of rotatable bonds is 6. The molecule has 216 valence electrons. The van der Waals surface area contributed by atoms with Crippen molar-refractivity contribution in [3.05, 3.63) is 69.2 Å². The third-order valence-corrected chi connectivity index (χ3v) is 8.05. The predicted octanol–water partition coefficient (Wildman–Crippen LogP) is 5.43. The van der Waals surface area contributed by atoms with Crippen LogP contribution in [0.4, 0.5) is 22.0 Å². The Morgan fingerprint density at radius 3 is 2.20 bits per heavy atom. The number of nitrogens with one attached hydrogen (secondary N) is 1. The molecule has 2 aliphatic rings. The lowest BCUT2D eigenvalue weighted by atomic mass is 9.59. The summed E-state index contributed by atoms with van der Waals surface area (Å²) in [6.07, 6.45) is -2.58. The number of alkyl halides is 3. The van der Waals surface area contributed by atoms with E-state index in [1.807, 2.05) is 0 Å². The molecule has 4 atom stereocenters. The molecule has 0 spiro atoms. The molecule has 4 rings (SSSR count). The second kappa shape index (κ2) is 11.9. The smallest absolute Gasteiger partial charge is 0.480 e. The van der Waals surface area contributed by atoms with Crippen LogP contribution in [0.5, 0.6) is 0 Å². The number of carboxylic acid groups (broad SMARTS) is 2. The number of nitriles is 1. The van der Waals surface area contributed by atoms with Gasteiger partial charge < -0.3 is 15.3 Å². The molecule has 0 amide bonds. The van der Waals surface area contributed by atoms with Crippen LogP contribution in [0.3, 0.4) is 0 Å². The van der Waals surface area contributed by atoms with Crippen LogP contribution in [0, 0.1) is 28.4 Å². The number of carboxylic acids is 2. The van der Waals surface area contributed by atoms with Gasteiger partial charge in [0.2, 0.25) is 0 Å². The third-order valence-electron chi connectivity index (χ3n) is 7.53. The van der Waals surface area contributed by atoms with E-state index in [-0.39, 0.29) is 34.2 Å². The van der Waals surface area contributed by atoms with Gasteiger partial charge in [0, 0.05) is 29.2 Å². The molecule has 1 heterocycles. The number of aliphatic carboxylic acids is 2. The van der Waals surface area contributed by atoms with Crippen LogP contribution < -0.4 is 5.32 Å². The third kappa shape index (κ3) is 5.88. The van der Waals surface area contributed by atoms with Crippen LogP contribution in [-0.4, -0.2) is 52.1 Å². The lowest BCUT2D eigenvalue weighted by Gasteiger charge is -2.45. The molecular formula is C26H23Cl2F5N2O5. The first-order valence-electron chi connectivity index (χ1n) is 11.8. The van der Waals surface area contributed by atoms with Gasteiger partial charge in [-0.2, -0.15) is 18.4 Å². The van der Waals surface area contributed by atoms with Crippen molar-refractivity contribution in [3.63, 3.8) is 0 Å². The second-order valence-corrected chi connectivity index (χ2v) is 10.6. The van der Waals surface area contributed by atoms with Gasteiger partial charge in [-0.05, 0) is 48.4 Å². The minimum absolute atomic E-state index is 0.0764. The number of halogens is 7. The molecule has 1 aliphatic carbocycles. The Kier molecular flexibility index (Phi) is 9.36. The predicted molar refractivity (Wildman–Crippen MR) is 133 cm³/mol. The largest absolute Gasteiger partial charge is 0.490 e. The van der Waals surface area contributed by atoms with E-state index in [2.05, 4.69) is 11.4 Å². The molecular weight excluding hydrogens is 586 g/mol. The summed E-state index contributed by atoms with van der Waals surface area (Å²) < 4.78 is 62.3. The van der Waals surface area contributed by atoms with Gasteiger partial charge in [-0.3, -0.25) is 10.1 Å². The molecule has 1 aliphatic heterocycles. The molecule has 2 fully saturated rings. The maximum atomic E-state index is 15.3. The fraction of sp³-hybridized carbons (Fsp3) is 0.423. The van der Waals surface area contributed by atoms with Gasteiger partial charge in [0.1, 0.15) is 23.1 Å². The number of hydrogen-bond donors (Lipinski definition) is 4. The SMILES string of the molecule is N#CC1(c2ccc(Cl)cc2F)C(CC2(CO)CCC2)NC(C(=O)O)C1c1cccc(Cl)c1F.O=C(O)C(F)(F)F. The number of aliphatic hydroxyl groups is 1. The lowest BCUT2D eigenvalue weighted by Crippen LogP contribution is -2.48. The second-order valence-electron chi connectivity index (χ2n) is 9.78. The van der Waals surface area contributed by atoms with Gasteiger partial charge in [-0.15, -0.1) is 0 Å². The average molecular weight is 609 g/mol. The van der Waals surface area contributed by atoms with Crippen molar-refractivity contribution >= 4 is 35.1 Å². The van der Waals surface area contributed by atoms with E-state index in [0.717, 1.165) is 12.5 Å². The number of carbonyl (C=O) groups is 2. The summed E-state index contributed by atoms with van der Waals surface area (Å²) >= 11 is 11.9.